The number of nitrogens with one attached hydrogen (secondary N) is 1. The Balaban J connectivity index is 1.65. The first-order valence-electron chi connectivity index (χ1n) is 8.91. The summed E-state index contributed by atoms with van der Waals surface area (Å²) in [5.74, 6) is 0.863. The van der Waals surface area contributed by atoms with Gasteiger partial charge < -0.3 is 10.4 Å². The van der Waals surface area contributed by atoms with Crippen molar-refractivity contribution in [3.63, 3.8) is 0 Å². The molecule has 2 fully saturated rings. The number of hydrogen-bond donors (Lipinski definition) is 2. The monoisotopic (exact) mass is 319 g/mol. The van der Waals surface area contributed by atoms with Gasteiger partial charge in [-0.3, -0.25) is 9.48 Å². The Bertz CT molecular complexity index is 569. The van der Waals surface area contributed by atoms with Gasteiger partial charge in [0.25, 0.3) is 5.91 Å². The van der Waals surface area contributed by atoms with Gasteiger partial charge in [0.2, 0.25) is 0 Å². The second-order valence-corrected chi connectivity index (χ2v) is 8.21. The highest BCUT2D eigenvalue weighted by molar-refractivity contribution is 5.92. The number of carbonyl (C=O) groups is 1. The van der Waals surface area contributed by atoms with Crippen molar-refractivity contribution in [1.29, 1.82) is 0 Å². The van der Waals surface area contributed by atoms with E-state index in [1.54, 1.807) is 0 Å². The van der Waals surface area contributed by atoms with Gasteiger partial charge in [0.05, 0.1) is 11.6 Å². The highest BCUT2D eigenvalue weighted by Crippen LogP contribution is 2.41. The predicted molar refractivity (Wildman–Crippen MR) is 89.5 cm³/mol. The zero-order chi connectivity index (χ0) is 16.6. The van der Waals surface area contributed by atoms with E-state index in [0.29, 0.717) is 24.1 Å². The number of nitrogens with zero attached hydrogens (tertiary/aromatic N) is 2. The molecule has 0 radical (unpaired) electrons. The van der Waals surface area contributed by atoms with E-state index in [-0.39, 0.29) is 17.6 Å². The number of amides is 1. The Kier molecular flexibility index (Phi) is 4.50. The van der Waals surface area contributed by atoms with Crippen molar-refractivity contribution in [2.24, 2.45) is 5.92 Å². The van der Waals surface area contributed by atoms with Gasteiger partial charge in [-0.2, -0.15) is 5.10 Å². The van der Waals surface area contributed by atoms with Crippen molar-refractivity contribution in [3.8, 4) is 0 Å². The highest BCUT2D eigenvalue weighted by atomic mass is 16.3. The number of carbonyl (C=O) groups excluding carboxylic acids is 1. The zero-order valence-electron chi connectivity index (χ0n) is 14.5. The molecule has 0 bridgehead atoms. The number of rotatable bonds is 4. The van der Waals surface area contributed by atoms with Gasteiger partial charge in [-0.1, -0.05) is 6.42 Å². The molecular weight excluding hydrogens is 290 g/mol. The van der Waals surface area contributed by atoms with E-state index in [4.69, 9.17) is 0 Å². The van der Waals surface area contributed by atoms with E-state index >= 15 is 0 Å². The summed E-state index contributed by atoms with van der Waals surface area (Å²) in [5, 5.41) is 17.3. The molecule has 3 rings (SSSR count). The van der Waals surface area contributed by atoms with Crippen LogP contribution < -0.4 is 5.32 Å². The summed E-state index contributed by atoms with van der Waals surface area (Å²) in [7, 11) is 0. The molecule has 2 aliphatic rings. The van der Waals surface area contributed by atoms with E-state index in [2.05, 4.69) is 31.2 Å². The Hall–Kier alpha value is -1.36. The number of aliphatic hydroxyl groups is 1. The summed E-state index contributed by atoms with van der Waals surface area (Å²) >= 11 is 0. The van der Waals surface area contributed by atoms with Crippen LogP contribution in [0.3, 0.4) is 0 Å². The lowest BCUT2D eigenvalue weighted by Crippen LogP contribution is -2.33. The highest BCUT2D eigenvalue weighted by Gasteiger charge is 2.32. The third-order valence-corrected chi connectivity index (χ3v) is 4.91. The van der Waals surface area contributed by atoms with E-state index in [0.717, 1.165) is 25.7 Å². The van der Waals surface area contributed by atoms with Gasteiger partial charge in [-0.05, 0) is 64.9 Å². The summed E-state index contributed by atoms with van der Waals surface area (Å²) in [6.07, 6.45) is 6.01. The van der Waals surface area contributed by atoms with Gasteiger partial charge >= 0.3 is 0 Å². The average molecular weight is 319 g/mol. The molecule has 0 aromatic carbocycles. The largest absolute Gasteiger partial charge is 0.393 e. The third kappa shape index (κ3) is 3.94. The summed E-state index contributed by atoms with van der Waals surface area (Å²) in [4.78, 5) is 12.5. The van der Waals surface area contributed by atoms with E-state index < -0.39 is 0 Å². The van der Waals surface area contributed by atoms with E-state index in [1.807, 2.05) is 10.7 Å². The maximum atomic E-state index is 12.5. The van der Waals surface area contributed by atoms with Crippen LogP contribution in [-0.4, -0.2) is 33.4 Å². The van der Waals surface area contributed by atoms with Crippen LogP contribution in [-0.2, 0) is 5.54 Å². The number of aliphatic hydroxyl groups excluding tert-OH is 1. The maximum absolute atomic E-state index is 12.5. The first-order chi connectivity index (χ1) is 10.8. The molecule has 1 aromatic rings. The Morgan fingerprint density at radius 3 is 2.70 bits per heavy atom. The SMILES string of the molecule is CC(C)(C)n1nc(C(=O)NCC2CCCC(O)C2)cc1C1CC1. The lowest BCUT2D eigenvalue weighted by atomic mass is 9.87. The van der Waals surface area contributed by atoms with Crippen molar-refractivity contribution < 1.29 is 9.90 Å². The van der Waals surface area contributed by atoms with Crippen molar-refractivity contribution >= 4 is 5.91 Å². The lowest BCUT2D eigenvalue weighted by Gasteiger charge is -2.25. The molecule has 2 unspecified atom stereocenters. The minimum absolute atomic E-state index is 0.0880. The first-order valence-corrected chi connectivity index (χ1v) is 8.91. The molecule has 0 spiro atoms. The number of hydrogen-bond acceptors (Lipinski definition) is 3. The van der Waals surface area contributed by atoms with Crippen LogP contribution in [0.4, 0.5) is 0 Å². The van der Waals surface area contributed by atoms with E-state index in [9.17, 15) is 9.90 Å². The quantitative estimate of drug-likeness (QED) is 0.897. The molecule has 128 valence electrons. The Morgan fingerprint density at radius 2 is 2.09 bits per heavy atom. The fraction of sp³-hybridized carbons (Fsp3) is 0.778. The van der Waals surface area contributed by atoms with Crippen LogP contribution in [0.2, 0.25) is 0 Å². The molecule has 1 amide bonds. The molecule has 5 nitrogen and oxygen atoms in total. The fourth-order valence-electron chi connectivity index (χ4n) is 3.49. The van der Waals surface area contributed by atoms with Crippen LogP contribution in [0.15, 0.2) is 6.07 Å². The van der Waals surface area contributed by atoms with Gasteiger partial charge in [0.15, 0.2) is 0 Å². The second-order valence-electron chi connectivity index (χ2n) is 8.21. The molecular formula is C18H29N3O2. The van der Waals surface area contributed by atoms with Crippen molar-refractivity contribution in [3.05, 3.63) is 17.5 Å². The fourth-order valence-corrected chi connectivity index (χ4v) is 3.49. The second kappa shape index (κ2) is 6.27. The molecule has 2 atom stereocenters. The summed E-state index contributed by atoms with van der Waals surface area (Å²) in [5.41, 5.74) is 1.61. The zero-order valence-corrected chi connectivity index (χ0v) is 14.5. The summed E-state index contributed by atoms with van der Waals surface area (Å²) < 4.78 is 2.02. The smallest absolute Gasteiger partial charge is 0.271 e. The first kappa shape index (κ1) is 16.5. The predicted octanol–water partition coefficient (Wildman–Crippen LogP) is 2.80. The number of aromatic nitrogens is 2. The standard InChI is InChI=1S/C18H29N3O2/c1-18(2,3)21-16(13-7-8-13)10-15(20-21)17(23)19-11-12-5-4-6-14(22)9-12/h10,12-14,22H,4-9,11H2,1-3H3,(H,19,23). The Morgan fingerprint density at radius 1 is 1.35 bits per heavy atom. The van der Waals surface area contributed by atoms with Gasteiger partial charge in [-0.25, -0.2) is 0 Å². The lowest BCUT2D eigenvalue weighted by molar-refractivity contribution is 0.0869. The van der Waals surface area contributed by atoms with Crippen LogP contribution in [0.25, 0.3) is 0 Å². The molecule has 2 N–H and O–H groups in total. The normalized spacial score (nSPS) is 25.4. The average Bonchev–Trinajstić information content (AvgIpc) is 3.22. The molecule has 2 aliphatic carbocycles. The van der Waals surface area contributed by atoms with Gasteiger partial charge in [-0.15, -0.1) is 0 Å². The van der Waals surface area contributed by atoms with Crippen molar-refractivity contribution in [1.82, 2.24) is 15.1 Å². The Labute approximate surface area is 138 Å². The van der Waals surface area contributed by atoms with Crippen LogP contribution in [0, 0.1) is 5.92 Å². The van der Waals surface area contributed by atoms with Crippen molar-refractivity contribution in [2.45, 2.75) is 76.9 Å². The summed E-state index contributed by atoms with van der Waals surface area (Å²) in [6.45, 7) is 7.00. The molecule has 1 heterocycles. The van der Waals surface area contributed by atoms with Crippen molar-refractivity contribution in [2.75, 3.05) is 6.54 Å². The van der Waals surface area contributed by atoms with Crippen LogP contribution >= 0.6 is 0 Å². The summed E-state index contributed by atoms with van der Waals surface area (Å²) in [6, 6.07) is 1.97. The molecule has 5 heteroatoms. The molecule has 23 heavy (non-hydrogen) atoms. The molecule has 0 aliphatic heterocycles. The van der Waals surface area contributed by atoms with Crippen LogP contribution in [0.5, 0.6) is 0 Å². The van der Waals surface area contributed by atoms with E-state index in [1.165, 1.54) is 18.5 Å². The van der Waals surface area contributed by atoms with Gasteiger partial charge in [0, 0.05) is 18.2 Å². The third-order valence-electron chi connectivity index (χ3n) is 4.91. The minimum Gasteiger partial charge on any atom is -0.393 e. The van der Waals surface area contributed by atoms with Gasteiger partial charge in [0.1, 0.15) is 5.69 Å². The molecule has 1 aromatic heterocycles. The minimum atomic E-state index is -0.202. The molecule has 0 saturated heterocycles. The van der Waals surface area contributed by atoms with Crippen LogP contribution in [0.1, 0.15) is 81.4 Å². The molecule has 2 saturated carbocycles. The topological polar surface area (TPSA) is 67.2 Å². The maximum Gasteiger partial charge on any atom is 0.271 e.